The molecule has 2 atom stereocenters. The van der Waals surface area contributed by atoms with Crippen molar-refractivity contribution in [2.24, 2.45) is 11.7 Å². The molecule has 4 N–H and O–H groups in total. The molecule has 4 rings (SSSR count). The number of alkyl halides is 1. The summed E-state index contributed by atoms with van der Waals surface area (Å²) in [5, 5.41) is 33.8. The third-order valence-corrected chi connectivity index (χ3v) is 6.33. The smallest absolute Gasteiger partial charge is 0.285 e. The quantitative estimate of drug-likeness (QED) is 0.266. The number of ether oxygens (including phenoxy) is 1. The van der Waals surface area contributed by atoms with Gasteiger partial charge in [-0.3, -0.25) is 15.7 Å². The lowest BCUT2D eigenvalue weighted by molar-refractivity contribution is 0.269. The third kappa shape index (κ3) is 8.45. The molecule has 1 aliphatic heterocycles. The number of hydrogen-bond acceptors (Lipinski definition) is 6. The fraction of sp³-hybridized carbons (Fsp3) is 0.290. The van der Waals surface area contributed by atoms with E-state index in [-0.39, 0.29) is 17.9 Å². The molecule has 0 saturated carbocycles. The minimum atomic E-state index is -0.667. The molecule has 206 valence electrons. The molecule has 40 heavy (non-hydrogen) atoms. The molecule has 2 unspecified atom stereocenters. The van der Waals surface area contributed by atoms with E-state index in [2.05, 4.69) is 11.0 Å². The molecular weight excluding hydrogens is 510 g/mol. The first-order valence-electron chi connectivity index (χ1n) is 12.9. The van der Waals surface area contributed by atoms with Gasteiger partial charge in [0.15, 0.2) is 0 Å². The molecule has 0 aliphatic carbocycles. The Morgan fingerprint density at radius 3 is 2.33 bits per heavy atom. The second-order valence-corrected chi connectivity index (χ2v) is 9.88. The standard InChI is InChI=1S/C28H25FN6O.C3H7F/c29-25-12-20(11-21(13-25)16-31)10-19-8-9-35(17-19)26(22-6-4-18(15-30)5-7-22)23-2-1-3-24(14-23)27(32)36-28(33)34;1-3(2)4/h1-7,11-14,19,26,32H,8-10,17H2,(H3,33,34);3H,1-2H3. The summed E-state index contributed by atoms with van der Waals surface area (Å²) < 4.78 is 29.9. The molecule has 9 heteroatoms. The van der Waals surface area contributed by atoms with Gasteiger partial charge in [-0.25, -0.2) is 8.78 Å². The van der Waals surface area contributed by atoms with E-state index in [0.29, 0.717) is 23.1 Å². The van der Waals surface area contributed by atoms with Gasteiger partial charge in [-0.2, -0.15) is 10.5 Å². The van der Waals surface area contributed by atoms with Gasteiger partial charge < -0.3 is 10.5 Å². The van der Waals surface area contributed by atoms with E-state index in [1.165, 1.54) is 26.0 Å². The number of nitrogens with zero attached hydrogens (tertiary/aromatic N) is 3. The second kappa shape index (κ2) is 14.0. The van der Waals surface area contributed by atoms with E-state index in [1.54, 1.807) is 24.3 Å². The van der Waals surface area contributed by atoms with Crippen molar-refractivity contribution in [1.29, 1.82) is 21.3 Å². The molecule has 0 radical (unpaired) electrons. The van der Waals surface area contributed by atoms with Crippen LogP contribution >= 0.6 is 0 Å². The predicted molar refractivity (Wildman–Crippen MR) is 150 cm³/mol. The molecule has 1 fully saturated rings. The van der Waals surface area contributed by atoms with Crippen LogP contribution in [0.25, 0.3) is 0 Å². The summed E-state index contributed by atoms with van der Waals surface area (Å²) in [6.45, 7) is 4.57. The number of likely N-dealkylation sites (tertiary alicyclic amines) is 1. The molecule has 0 amide bonds. The van der Waals surface area contributed by atoms with Gasteiger partial charge in [0.05, 0.1) is 35.5 Å². The molecule has 3 aromatic rings. The van der Waals surface area contributed by atoms with E-state index in [0.717, 1.165) is 36.2 Å². The highest BCUT2D eigenvalue weighted by Gasteiger charge is 2.31. The summed E-state index contributed by atoms with van der Waals surface area (Å²) >= 11 is 0. The van der Waals surface area contributed by atoms with E-state index in [4.69, 9.17) is 21.3 Å². The zero-order valence-electron chi connectivity index (χ0n) is 22.5. The van der Waals surface area contributed by atoms with Crippen LogP contribution < -0.4 is 5.73 Å². The van der Waals surface area contributed by atoms with Crippen molar-refractivity contribution in [3.05, 3.63) is 106 Å². The number of nitriles is 2. The first kappa shape index (κ1) is 29.9. The Hall–Kier alpha value is -4.60. The molecule has 1 saturated heterocycles. The zero-order valence-corrected chi connectivity index (χ0v) is 22.5. The molecule has 3 aromatic carbocycles. The maximum Gasteiger partial charge on any atom is 0.285 e. The van der Waals surface area contributed by atoms with Crippen LogP contribution in [0.15, 0.2) is 66.7 Å². The van der Waals surface area contributed by atoms with Crippen LogP contribution in [0.1, 0.15) is 59.7 Å². The third-order valence-electron chi connectivity index (χ3n) is 6.33. The van der Waals surface area contributed by atoms with Crippen LogP contribution in [-0.4, -0.2) is 36.1 Å². The van der Waals surface area contributed by atoms with Crippen LogP contribution in [-0.2, 0) is 11.2 Å². The summed E-state index contributed by atoms with van der Waals surface area (Å²) in [4.78, 5) is 2.34. The number of nitrogens with one attached hydrogen (secondary N) is 2. The van der Waals surface area contributed by atoms with Crippen molar-refractivity contribution in [1.82, 2.24) is 4.90 Å². The Kier molecular flexibility index (Phi) is 10.5. The minimum absolute atomic E-state index is 0.144. The SMILES string of the molecule is CC(C)F.N#Cc1ccc(C(c2cccc(C(=N)OC(=N)N)c2)N2CCC(Cc3cc(F)cc(C#N)c3)C2)cc1. The Bertz CT molecular complexity index is 1420. The molecule has 0 spiro atoms. The van der Waals surface area contributed by atoms with Crippen LogP contribution in [0.3, 0.4) is 0 Å². The number of nitrogens with two attached hydrogens (primary N) is 1. The number of amidine groups is 1. The molecule has 0 bridgehead atoms. The van der Waals surface area contributed by atoms with Gasteiger partial charge in [-0.1, -0.05) is 24.3 Å². The lowest BCUT2D eigenvalue weighted by Gasteiger charge is -2.29. The first-order valence-corrected chi connectivity index (χ1v) is 12.9. The lowest BCUT2D eigenvalue weighted by Crippen LogP contribution is -2.28. The van der Waals surface area contributed by atoms with Gasteiger partial charge in [-0.05, 0) is 98.3 Å². The van der Waals surface area contributed by atoms with Gasteiger partial charge in [-0.15, -0.1) is 0 Å². The Morgan fingerprint density at radius 1 is 1.02 bits per heavy atom. The highest BCUT2D eigenvalue weighted by Crippen LogP contribution is 2.35. The van der Waals surface area contributed by atoms with E-state index < -0.39 is 18.0 Å². The highest BCUT2D eigenvalue weighted by molar-refractivity contribution is 5.98. The van der Waals surface area contributed by atoms with Crippen LogP contribution in [0, 0.1) is 45.2 Å². The highest BCUT2D eigenvalue weighted by atomic mass is 19.1. The van der Waals surface area contributed by atoms with Gasteiger partial charge in [0.2, 0.25) is 5.90 Å². The van der Waals surface area contributed by atoms with Gasteiger partial charge in [0.1, 0.15) is 5.82 Å². The van der Waals surface area contributed by atoms with Crippen molar-refractivity contribution in [3.8, 4) is 12.1 Å². The average molecular weight is 543 g/mol. The van der Waals surface area contributed by atoms with E-state index in [1.807, 2.05) is 36.4 Å². The van der Waals surface area contributed by atoms with Crippen molar-refractivity contribution in [2.75, 3.05) is 13.1 Å². The molecule has 1 heterocycles. The van der Waals surface area contributed by atoms with Crippen LogP contribution in [0.2, 0.25) is 0 Å². The fourth-order valence-electron chi connectivity index (χ4n) is 4.80. The largest absolute Gasteiger partial charge is 0.407 e. The van der Waals surface area contributed by atoms with Gasteiger partial charge in [0.25, 0.3) is 6.02 Å². The Morgan fingerprint density at radius 2 is 1.70 bits per heavy atom. The topological polar surface area (TPSA) is 134 Å². The molecule has 1 aliphatic rings. The van der Waals surface area contributed by atoms with Crippen molar-refractivity contribution < 1.29 is 13.5 Å². The summed E-state index contributed by atoms with van der Waals surface area (Å²) in [6, 6.07) is 22.8. The van der Waals surface area contributed by atoms with Crippen LogP contribution in [0.5, 0.6) is 0 Å². The fourth-order valence-corrected chi connectivity index (χ4v) is 4.80. The number of benzene rings is 3. The maximum atomic E-state index is 13.9. The molecular formula is C31H32F2N6O. The number of rotatable bonds is 6. The van der Waals surface area contributed by atoms with E-state index >= 15 is 0 Å². The maximum absolute atomic E-state index is 13.9. The summed E-state index contributed by atoms with van der Waals surface area (Å²) in [6.07, 6.45) is 0.911. The number of hydrogen-bond donors (Lipinski definition) is 3. The van der Waals surface area contributed by atoms with Crippen molar-refractivity contribution in [3.63, 3.8) is 0 Å². The van der Waals surface area contributed by atoms with Crippen molar-refractivity contribution >= 4 is 11.9 Å². The Labute approximate surface area is 233 Å². The molecule has 0 aromatic heterocycles. The normalized spacial score (nSPS) is 15.3. The van der Waals surface area contributed by atoms with Gasteiger partial charge >= 0.3 is 0 Å². The minimum Gasteiger partial charge on any atom is -0.407 e. The summed E-state index contributed by atoms with van der Waals surface area (Å²) in [7, 11) is 0. The number of halogens is 2. The Balaban J connectivity index is 0.00000103. The zero-order chi connectivity index (χ0) is 29.2. The summed E-state index contributed by atoms with van der Waals surface area (Å²) in [5.41, 5.74) is 9.44. The predicted octanol–water partition coefficient (Wildman–Crippen LogP) is 5.82. The first-order chi connectivity index (χ1) is 19.1. The van der Waals surface area contributed by atoms with Gasteiger partial charge in [0, 0.05) is 12.1 Å². The average Bonchev–Trinajstić information content (AvgIpc) is 3.36. The van der Waals surface area contributed by atoms with E-state index in [9.17, 15) is 19.3 Å². The molecule has 7 nitrogen and oxygen atoms in total. The van der Waals surface area contributed by atoms with Crippen molar-refractivity contribution in [2.45, 2.75) is 38.9 Å². The monoisotopic (exact) mass is 542 g/mol. The second-order valence-electron chi connectivity index (χ2n) is 9.88. The lowest BCUT2D eigenvalue weighted by atomic mass is 9.94. The summed E-state index contributed by atoms with van der Waals surface area (Å²) in [5.74, 6) is -0.329. The van der Waals surface area contributed by atoms with Crippen LogP contribution in [0.4, 0.5) is 8.78 Å².